The van der Waals surface area contributed by atoms with Crippen molar-refractivity contribution in [2.45, 2.75) is 32.9 Å². The molecular weight excluding hydrogens is 326 g/mol. The molecule has 3 amide bonds. The fourth-order valence-electron chi connectivity index (χ4n) is 3.04. The van der Waals surface area contributed by atoms with E-state index in [-0.39, 0.29) is 11.9 Å². The minimum Gasteiger partial charge on any atom is -0.338 e. The number of aryl methyl sites for hydroxylation is 1. The van der Waals surface area contributed by atoms with E-state index >= 15 is 0 Å². The van der Waals surface area contributed by atoms with E-state index in [9.17, 15) is 9.59 Å². The quantitative estimate of drug-likeness (QED) is 0.891. The molecule has 0 saturated carbocycles. The summed E-state index contributed by atoms with van der Waals surface area (Å²) in [5.74, 6) is 0.222. The molecule has 1 fully saturated rings. The Morgan fingerprint density at radius 1 is 1.08 bits per heavy atom. The molecule has 0 bridgehead atoms. The molecule has 5 heteroatoms. The zero-order valence-corrected chi connectivity index (χ0v) is 15.4. The molecule has 26 heavy (non-hydrogen) atoms. The largest absolute Gasteiger partial charge is 0.338 e. The fraction of sp³-hybridized carbons (Fsp3) is 0.333. The Labute approximate surface area is 154 Å². The van der Waals surface area contributed by atoms with Crippen LogP contribution in [-0.4, -0.2) is 35.3 Å². The van der Waals surface area contributed by atoms with Crippen LogP contribution < -0.4 is 5.32 Å². The van der Waals surface area contributed by atoms with Crippen LogP contribution in [-0.2, 0) is 17.9 Å². The molecule has 1 aliphatic rings. The number of carbonyl (C=O) groups is 2. The molecule has 2 aromatic carbocycles. The molecule has 1 heterocycles. The first-order valence-electron chi connectivity index (χ1n) is 8.95. The summed E-state index contributed by atoms with van der Waals surface area (Å²) < 4.78 is 0. The number of benzene rings is 2. The summed E-state index contributed by atoms with van der Waals surface area (Å²) in [6.07, 6.45) is 1.60. The van der Waals surface area contributed by atoms with Crippen molar-refractivity contribution in [3.05, 3.63) is 65.2 Å². The van der Waals surface area contributed by atoms with Gasteiger partial charge in [0.1, 0.15) is 0 Å². The van der Waals surface area contributed by atoms with Gasteiger partial charge in [-0.3, -0.25) is 4.79 Å². The summed E-state index contributed by atoms with van der Waals surface area (Å²) in [5, 5.41) is 2.91. The molecule has 0 aromatic heterocycles. The third-order valence-electron chi connectivity index (χ3n) is 4.64. The number of urea groups is 1. The first kappa shape index (κ1) is 18.0. The lowest BCUT2D eigenvalue weighted by molar-refractivity contribution is -0.128. The summed E-state index contributed by atoms with van der Waals surface area (Å²) in [6.45, 7) is 4.08. The second-order valence-electron chi connectivity index (χ2n) is 6.89. The van der Waals surface area contributed by atoms with Crippen molar-refractivity contribution < 1.29 is 9.59 Å². The highest BCUT2D eigenvalue weighted by molar-refractivity contribution is 5.89. The average Bonchev–Trinajstić information content (AvgIpc) is 3.03. The van der Waals surface area contributed by atoms with Gasteiger partial charge in [-0.25, -0.2) is 4.79 Å². The van der Waals surface area contributed by atoms with Gasteiger partial charge in [0, 0.05) is 38.8 Å². The maximum atomic E-state index is 12.4. The van der Waals surface area contributed by atoms with Gasteiger partial charge in [0.25, 0.3) is 0 Å². The van der Waals surface area contributed by atoms with E-state index in [0.717, 1.165) is 29.8 Å². The molecule has 0 unspecified atom stereocenters. The lowest BCUT2D eigenvalue weighted by Gasteiger charge is -2.19. The lowest BCUT2D eigenvalue weighted by Crippen LogP contribution is -2.30. The summed E-state index contributed by atoms with van der Waals surface area (Å²) in [4.78, 5) is 27.6. The average molecular weight is 351 g/mol. The van der Waals surface area contributed by atoms with E-state index in [2.05, 4.69) is 5.32 Å². The van der Waals surface area contributed by atoms with E-state index < -0.39 is 0 Å². The van der Waals surface area contributed by atoms with Crippen LogP contribution >= 0.6 is 0 Å². The van der Waals surface area contributed by atoms with Crippen molar-refractivity contribution in [2.24, 2.45) is 0 Å². The number of rotatable bonds is 5. The molecule has 5 nitrogen and oxygen atoms in total. The van der Waals surface area contributed by atoms with Crippen molar-refractivity contribution in [3.63, 3.8) is 0 Å². The van der Waals surface area contributed by atoms with Crippen LogP contribution in [0.3, 0.4) is 0 Å². The Kier molecular flexibility index (Phi) is 5.56. The smallest absolute Gasteiger partial charge is 0.321 e. The first-order chi connectivity index (χ1) is 12.5. The second kappa shape index (κ2) is 8.04. The summed E-state index contributed by atoms with van der Waals surface area (Å²) in [5.41, 5.74) is 4.13. The standard InChI is InChI=1S/C21H25N3O2/c1-16-5-7-17(8-6-16)14-23(2)21(26)22-19-11-9-18(10-12-19)15-24-13-3-4-20(24)25/h5-12H,3-4,13-15H2,1-2H3,(H,22,26). The number of hydrogen-bond donors (Lipinski definition) is 1. The maximum Gasteiger partial charge on any atom is 0.321 e. The van der Waals surface area contributed by atoms with E-state index in [1.165, 1.54) is 5.56 Å². The summed E-state index contributed by atoms with van der Waals surface area (Å²) in [7, 11) is 1.78. The van der Waals surface area contributed by atoms with E-state index in [0.29, 0.717) is 19.5 Å². The molecule has 1 saturated heterocycles. The monoisotopic (exact) mass is 351 g/mol. The van der Waals surface area contributed by atoms with Crippen LogP contribution in [0.5, 0.6) is 0 Å². The minimum absolute atomic E-state index is 0.145. The Morgan fingerprint density at radius 3 is 2.35 bits per heavy atom. The molecular formula is C21H25N3O2. The van der Waals surface area contributed by atoms with Gasteiger partial charge in [-0.2, -0.15) is 0 Å². The Hall–Kier alpha value is -2.82. The van der Waals surface area contributed by atoms with Crippen molar-refractivity contribution in [2.75, 3.05) is 18.9 Å². The van der Waals surface area contributed by atoms with E-state index in [1.807, 2.05) is 60.4 Å². The number of amides is 3. The van der Waals surface area contributed by atoms with Crippen LogP contribution in [0.15, 0.2) is 48.5 Å². The highest BCUT2D eigenvalue weighted by Gasteiger charge is 2.19. The third kappa shape index (κ3) is 4.63. The van der Waals surface area contributed by atoms with Gasteiger partial charge >= 0.3 is 6.03 Å². The minimum atomic E-state index is -0.145. The van der Waals surface area contributed by atoms with Crippen molar-refractivity contribution in [1.82, 2.24) is 9.80 Å². The Bertz CT molecular complexity index is 769. The number of likely N-dealkylation sites (tertiary alicyclic amines) is 1. The van der Waals surface area contributed by atoms with Gasteiger partial charge in [-0.05, 0) is 36.6 Å². The molecule has 2 aromatic rings. The highest BCUT2D eigenvalue weighted by Crippen LogP contribution is 2.16. The van der Waals surface area contributed by atoms with Gasteiger partial charge in [-0.15, -0.1) is 0 Å². The Balaban J connectivity index is 1.53. The number of hydrogen-bond acceptors (Lipinski definition) is 2. The number of anilines is 1. The molecule has 0 spiro atoms. The van der Waals surface area contributed by atoms with E-state index in [4.69, 9.17) is 0 Å². The SMILES string of the molecule is Cc1ccc(CN(C)C(=O)Nc2ccc(CN3CCCC3=O)cc2)cc1. The highest BCUT2D eigenvalue weighted by atomic mass is 16.2. The van der Waals surface area contributed by atoms with Gasteiger partial charge in [-0.1, -0.05) is 42.0 Å². The molecule has 1 aliphatic heterocycles. The van der Waals surface area contributed by atoms with Crippen molar-refractivity contribution >= 4 is 17.6 Å². The first-order valence-corrected chi connectivity index (χ1v) is 8.95. The van der Waals surface area contributed by atoms with Crippen LogP contribution in [0, 0.1) is 6.92 Å². The number of nitrogens with one attached hydrogen (secondary N) is 1. The summed E-state index contributed by atoms with van der Waals surface area (Å²) in [6, 6.07) is 15.7. The summed E-state index contributed by atoms with van der Waals surface area (Å²) >= 11 is 0. The second-order valence-corrected chi connectivity index (χ2v) is 6.89. The van der Waals surface area contributed by atoms with Crippen molar-refractivity contribution in [3.8, 4) is 0 Å². The zero-order chi connectivity index (χ0) is 18.5. The van der Waals surface area contributed by atoms with E-state index in [1.54, 1.807) is 11.9 Å². The van der Waals surface area contributed by atoms with Crippen LogP contribution in [0.25, 0.3) is 0 Å². The maximum absolute atomic E-state index is 12.4. The topological polar surface area (TPSA) is 52.7 Å². The third-order valence-corrected chi connectivity index (χ3v) is 4.64. The molecule has 0 aliphatic carbocycles. The lowest BCUT2D eigenvalue weighted by atomic mass is 10.1. The molecule has 0 atom stereocenters. The Morgan fingerprint density at radius 2 is 1.73 bits per heavy atom. The van der Waals surface area contributed by atoms with Gasteiger partial charge in [0.05, 0.1) is 0 Å². The normalized spacial score (nSPS) is 13.8. The van der Waals surface area contributed by atoms with Crippen LogP contribution in [0.1, 0.15) is 29.5 Å². The van der Waals surface area contributed by atoms with Crippen LogP contribution in [0.4, 0.5) is 10.5 Å². The molecule has 0 radical (unpaired) electrons. The fourth-order valence-corrected chi connectivity index (χ4v) is 3.04. The molecule has 136 valence electrons. The predicted octanol–water partition coefficient (Wildman–Crippen LogP) is 3.78. The molecule has 3 rings (SSSR count). The number of carbonyl (C=O) groups excluding carboxylic acids is 2. The van der Waals surface area contributed by atoms with Gasteiger partial charge < -0.3 is 15.1 Å². The van der Waals surface area contributed by atoms with Crippen LogP contribution in [0.2, 0.25) is 0 Å². The van der Waals surface area contributed by atoms with Gasteiger partial charge in [0.15, 0.2) is 0 Å². The predicted molar refractivity (Wildman–Crippen MR) is 103 cm³/mol. The van der Waals surface area contributed by atoms with Gasteiger partial charge in [0.2, 0.25) is 5.91 Å². The number of nitrogens with zero attached hydrogens (tertiary/aromatic N) is 2. The zero-order valence-electron chi connectivity index (χ0n) is 15.4. The van der Waals surface area contributed by atoms with Crippen molar-refractivity contribution in [1.29, 1.82) is 0 Å². The molecule has 1 N–H and O–H groups in total.